The number of piperidine rings is 1. The Balaban J connectivity index is 1.95. The molecule has 1 aliphatic rings. The molecule has 1 aromatic heterocycles. The van der Waals surface area contributed by atoms with Crippen LogP contribution in [0.25, 0.3) is 0 Å². The van der Waals surface area contributed by atoms with Gasteiger partial charge in [0.05, 0.1) is 16.1 Å². The number of rotatable bonds is 6. The minimum atomic E-state index is -3.88. The lowest BCUT2D eigenvalue weighted by Gasteiger charge is -2.32. The van der Waals surface area contributed by atoms with Gasteiger partial charge in [0, 0.05) is 19.3 Å². The van der Waals surface area contributed by atoms with E-state index in [2.05, 4.69) is 16.6 Å². The first-order valence-corrected chi connectivity index (χ1v) is 11.3. The Labute approximate surface area is 171 Å². The second-order valence-electron chi connectivity index (χ2n) is 7.90. The lowest BCUT2D eigenvalue weighted by molar-refractivity contribution is 0.0696. The van der Waals surface area contributed by atoms with Crippen molar-refractivity contribution in [2.45, 2.75) is 44.4 Å². The zero-order valence-corrected chi connectivity index (χ0v) is 17.7. The van der Waals surface area contributed by atoms with Crippen LogP contribution in [0, 0.1) is 5.92 Å². The highest BCUT2D eigenvalue weighted by atomic mass is 32.2. The van der Waals surface area contributed by atoms with Gasteiger partial charge in [0.1, 0.15) is 0 Å². The molecule has 3 rings (SSSR count). The van der Waals surface area contributed by atoms with Crippen molar-refractivity contribution in [3.8, 4) is 0 Å². The molecule has 0 unspecified atom stereocenters. The van der Waals surface area contributed by atoms with Crippen LogP contribution in [-0.4, -0.2) is 37.6 Å². The zero-order chi connectivity index (χ0) is 21.2. The molecule has 0 saturated carbocycles. The molecule has 2 aromatic rings. The SMILES string of the molecule is CC1CCN(c2ncc(C(=O)O)cc2NS(=O)(=O)c2ccc(C(C)C)cc2)CC1. The van der Waals surface area contributed by atoms with Crippen molar-refractivity contribution in [3.05, 3.63) is 47.7 Å². The molecular weight excluding hydrogens is 390 g/mol. The molecule has 0 radical (unpaired) electrons. The predicted molar refractivity (Wildman–Crippen MR) is 113 cm³/mol. The molecule has 1 fully saturated rings. The molecule has 0 atom stereocenters. The quantitative estimate of drug-likeness (QED) is 0.738. The molecule has 1 saturated heterocycles. The number of aromatic carboxylic acids is 1. The summed E-state index contributed by atoms with van der Waals surface area (Å²) in [6.07, 6.45) is 3.22. The van der Waals surface area contributed by atoms with Crippen LogP contribution >= 0.6 is 0 Å². The fraction of sp³-hybridized carbons (Fsp3) is 0.429. The van der Waals surface area contributed by atoms with Gasteiger partial charge in [-0.15, -0.1) is 0 Å². The molecule has 0 bridgehead atoms. The Bertz CT molecular complexity index is 979. The summed E-state index contributed by atoms with van der Waals surface area (Å²) in [6, 6.07) is 8.04. The smallest absolute Gasteiger partial charge is 0.337 e. The van der Waals surface area contributed by atoms with Gasteiger partial charge in [0.25, 0.3) is 10.0 Å². The van der Waals surface area contributed by atoms with Crippen molar-refractivity contribution in [3.63, 3.8) is 0 Å². The number of carboxylic acids is 1. The number of sulfonamides is 1. The molecule has 156 valence electrons. The van der Waals surface area contributed by atoms with Gasteiger partial charge in [-0.05, 0) is 48.4 Å². The lowest BCUT2D eigenvalue weighted by atomic mass is 9.99. The van der Waals surface area contributed by atoms with Crippen LogP contribution in [0.15, 0.2) is 41.4 Å². The average molecular weight is 418 g/mol. The fourth-order valence-electron chi connectivity index (χ4n) is 3.36. The summed E-state index contributed by atoms with van der Waals surface area (Å²) < 4.78 is 28.5. The summed E-state index contributed by atoms with van der Waals surface area (Å²) in [6.45, 7) is 7.76. The minimum absolute atomic E-state index is 0.0630. The third-order valence-corrected chi connectivity index (χ3v) is 6.68. The van der Waals surface area contributed by atoms with Gasteiger partial charge in [-0.25, -0.2) is 18.2 Å². The van der Waals surface area contributed by atoms with Crippen LogP contribution in [0.1, 0.15) is 55.5 Å². The van der Waals surface area contributed by atoms with Gasteiger partial charge >= 0.3 is 5.97 Å². The van der Waals surface area contributed by atoms with E-state index < -0.39 is 16.0 Å². The first-order chi connectivity index (χ1) is 13.7. The van der Waals surface area contributed by atoms with Crippen molar-refractivity contribution in [2.75, 3.05) is 22.7 Å². The summed E-state index contributed by atoms with van der Waals surface area (Å²) in [5, 5.41) is 9.31. The van der Waals surface area contributed by atoms with Crippen LogP contribution in [0.2, 0.25) is 0 Å². The number of hydrogen-bond acceptors (Lipinski definition) is 5. The van der Waals surface area contributed by atoms with Gasteiger partial charge in [0.15, 0.2) is 5.82 Å². The van der Waals surface area contributed by atoms with Gasteiger partial charge in [-0.2, -0.15) is 0 Å². The number of benzene rings is 1. The normalized spacial score (nSPS) is 15.5. The van der Waals surface area contributed by atoms with Crippen molar-refractivity contribution >= 4 is 27.5 Å². The summed E-state index contributed by atoms with van der Waals surface area (Å²) in [4.78, 5) is 17.8. The minimum Gasteiger partial charge on any atom is -0.478 e. The maximum Gasteiger partial charge on any atom is 0.337 e. The largest absolute Gasteiger partial charge is 0.478 e. The highest BCUT2D eigenvalue weighted by Crippen LogP contribution is 2.30. The molecule has 2 heterocycles. The van der Waals surface area contributed by atoms with E-state index in [4.69, 9.17) is 0 Å². The average Bonchev–Trinajstić information content (AvgIpc) is 2.68. The van der Waals surface area contributed by atoms with Crippen molar-refractivity contribution in [2.24, 2.45) is 5.92 Å². The first-order valence-electron chi connectivity index (χ1n) is 9.78. The lowest BCUT2D eigenvalue weighted by Crippen LogP contribution is -2.34. The van der Waals surface area contributed by atoms with E-state index in [-0.39, 0.29) is 16.1 Å². The highest BCUT2D eigenvalue weighted by molar-refractivity contribution is 7.92. The summed E-state index contributed by atoms with van der Waals surface area (Å²) >= 11 is 0. The monoisotopic (exact) mass is 417 g/mol. The Morgan fingerprint density at radius 3 is 2.38 bits per heavy atom. The zero-order valence-electron chi connectivity index (χ0n) is 16.9. The van der Waals surface area contributed by atoms with Crippen LogP contribution < -0.4 is 9.62 Å². The van der Waals surface area contributed by atoms with Crippen LogP contribution in [0.4, 0.5) is 11.5 Å². The van der Waals surface area contributed by atoms with Gasteiger partial charge < -0.3 is 10.0 Å². The van der Waals surface area contributed by atoms with E-state index >= 15 is 0 Å². The van der Waals surface area contributed by atoms with Crippen LogP contribution in [-0.2, 0) is 10.0 Å². The van der Waals surface area contributed by atoms with Crippen molar-refractivity contribution in [1.29, 1.82) is 0 Å². The second-order valence-corrected chi connectivity index (χ2v) is 9.58. The number of nitrogens with zero attached hydrogens (tertiary/aromatic N) is 2. The van der Waals surface area contributed by atoms with Crippen LogP contribution in [0.5, 0.6) is 0 Å². The third kappa shape index (κ3) is 4.87. The maximum absolute atomic E-state index is 12.9. The Morgan fingerprint density at radius 1 is 1.21 bits per heavy atom. The van der Waals surface area contributed by atoms with Crippen molar-refractivity contribution < 1.29 is 18.3 Å². The Hall–Kier alpha value is -2.61. The summed E-state index contributed by atoms with van der Waals surface area (Å²) in [7, 11) is -3.88. The summed E-state index contributed by atoms with van der Waals surface area (Å²) in [5.74, 6) is 0.204. The van der Waals surface area contributed by atoms with E-state index in [1.54, 1.807) is 24.3 Å². The van der Waals surface area contributed by atoms with E-state index in [0.717, 1.165) is 31.5 Å². The fourth-order valence-corrected chi connectivity index (χ4v) is 4.41. The van der Waals surface area contributed by atoms with Crippen LogP contribution in [0.3, 0.4) is 0 Å². The number of pyridine rings is 1. The molecule has 0 aliphatic carbocycles. The molecule has 2 N–H and O–H groups in total. The van der Waals surface area contributed by atoms with Crippen molar-refractivity contribution in [1.82, 2.24) is 4.98 Å². The highest BCUT2D eigenvalue weighted by Gasteiger charge is 2.24. The molecule has 29 heavy (non-hydrogen) atoms. The van der Waals surface area contributed by atoms with Gasteiger partial charge in [-0.1, -0.05) is 32.9 Å². The first kappa shape index (κ1) is 21.1. The van der Waals surface area contributed by atoms with Gasteiger partial charge in [-0.3, -0.25) is 4.72 Å². The number of carbonyl (C=O) groups is 1. The molecule has 1 aromatic carbocycles. The topological polar surface area (TPSA) is 99.6 Å². The molecule has 7 nitrogen and oxygen atoms in total. The third-order valence-electron chi connectivity index (χ3n) is 5.30. The van der Waals surface area contributed by atoms with Gasteiger partial charge in [0.2, 0.25) is 0 Å². The Morgan fingerprint density at radius 2 is 1.83 bits per heavy atom. The molecule has 8 heteroatoms. The summed E-state index contributed by atoms with van der Waals surface area (Å²) in [5.41, 5.74) is 1.17. The van der Waals surface area contributed by atoms with E-state index in [0.29, 0.717) is 17.7 Å². The second kappa shape index (κ2) is 8.41. The molecule has 0 spiro atoms. The molecular formula is C21H27N3O4S. The number of hydrogen-bond donors (Lipinski definition) is 2. The number of carboxylic acid groups (broad SMARTS) is 1. The van der Waals surface area contributed by atoms with E-state index in [9.17, 15) is 18.3 Å². The predicted octanol–water partition coefficient (Wildman–Crippen LogP) is 3.94. The van der Waals surface area contributed by atoms with E-state index in [1.165, 1.54) is 12.3 Å². The van der Waals surface area contributed by atoms with E-state index in [1.807, 2.05) is 18.7 Å². The molecule has 1 aliphatic heterocycles. The number of anilines is 2. The molecule has 0 amide bonds. The number of nitrogens with one attached hydrogen (secondary N) is 1. The maximum atomic E-state index is 12.9. The Kier molecular flexibility index (Phi) is 6.12. The number of aromatic nitrogens is 1. The standard InChI is InChI=1S/C21H27N3O4S/c1-14(2)16-4-6-18(7-5-16)29(27,28)23-19-12-17(21(25)26)13-22-20(19)24-10-8-15(3)9-11-24/h4-7,12-15,23H,8-11H2,1-3H3,(H,25,26).